The van der Waals surface area contributed by atoms with E-state index >= 15 is 0 Å². The highest BCUT2D eigenvalue weighted by molar-refractivity contribution is 7.50. The summed E-state index contributed by atoms with van der Waals surface area (Å²) in [5.41, 5.74) is 0. The maximum absolute atomic E-state index is 11.4. The van der Waals surface area contributed by atoms with Crippen LogP contribution in [0.3, 0.4) is 0 Å². The molecular weight excluding hydrogens is 201 g/mol. The molecule has 4 nitrogen and oxygen atoms in total. The van der Waals surface area contributed by atoms with Gasteiger partial charge in [-0.25, -0.2) is 9.65 Å². The van der Waals surface area contributed by atoms with Gasteiger partial charge in [0.25, 0.3) is 0 Å². The van der Waals surface area contributed by atoms with Crippen molar-refractivity contribution in [2.75, 3.05) is 6.61 Å². The summed E-state index contributed by atoms with van der Waals surface area (Å²) in [5, 5.41) is 2.64. The van der Waals surface area contributed by atoms with Gasteiger partial charge in [-0.15, -0.1) is 0 Å². The van der Waals surface area contributed by atoms with Crippen LogP contribution in [0.25, 0.3) is 0 Å². The monoisotopic (exact) mass is 223 g/mol. The molecule has 0 saturated heterocycles. The number of hydrogen-bond donors (Lipinski definition) is 2. The normalized spacial score (nSPS) is 15.8. The molecule has 0 bridgehead atoms. The van der Waals surface area contributed by atoms with E-state index in [2.05, 4.69) is 5.09 Å². The van der Waals surface area contributed by atoms with E-state index in [1.54, 1.807) is 0 Å². The van der Waals surface area contributed by atoms with Crippen LogP contribution in [0.4, 0.5) is 0 Å². The fraction of sp³-hybridized carbons (Fsp3) is 1.00. The van der Waals surface area contributed by atoms with Crippen molar-refractivity contribution in [3.05, 3.63) is 0 Å². The van der Waals surface area contributed by atoms with Gasteiger partial charge in [-0.1, -0.05) is 27.2 Å². The summed E-state index contributed by atoms with van der Waals surface area (Å²) in [6, 6.07) is 0.0625. The second kappa shape index (κ2) is 7.41. The van der Waals surface area contributed by atoms with Crippen LogP contribution in [0.2, 0.25) is 0 Å². The molecule has 0 aliphatic carbocycles. The highest BCUT2D eigenvalue weighted by Crippen LogP contribution is 2.38. The molecular formula is C9H22NO3P. The summed E-state index contributed by atoms with van der Waals surface area (Å²) < 4.78 is 16.3. The predicted octanol–water partition coefficient (Wildman–Crippen LogP) is 2.68. The van der Waals surface area contributed by atoms with Crippen molar-refractivity contribution in [3.8, 4) is 0 Å². The van der Waals surface area contributed by atoms with Gasteiger partial charge in [0.15, 0.2) is 0 Å². The van der Waals surface area contributed by atoms with Crippen molar-refractivity contribution in [1.29, 1.82) is 0 Å². The van der Waals surface area contributed by atoms with Crippen LogP contribution in [0, 0.1) is 0 Å². The lowest BCUT2D eigenvalue weighted by molar-refractivity contribution is 0.240. The summed E-state index contributed by atoms with van der Waals surface area (Å²) in [4.78, 5) is 9.40. The van der Waals surface area contributed by atoms with E-state index < -0.39 is 7.75 Å². The van der Waals surface area contributed by atoms with E-state index in [4.69, 9.17) is 4.52 Å². The number of rotatable bonds is 8. The summed E-state index contributed by atoms with van der Waals surface area (Å²) in [6.07, 6.45) is 3.44. The Labute approximate surface area is 86.6 Å². The maximum atomic E-state index is 11.4. The van der Waals surface area contributed by atoms with Crippen LogP contribution in [0.15, 0.2) is 0 Å². The number of hydrogen-bond acceptors (Lipinski definition) is 2. The van der Waals surface area contributed by atoms with Gasteiger partial charge in [-0.05, 0) is 19.3 Å². The molecule has 0 aromatic rings. The summed E-state index contributed by atoms with van der Waals surface area (Å²) in [5.74, 6) is 0. The first-order valence-corrected chi connectivity index (χ1v) is 6.88. The quantitative estimate of drug-likeness (QED) is 0.490. The van der Waals surface area contributed by atoms with Gasteiger partial charge in [-0.2, -0.15) is 0 Å². The molecule has 0 aliphatic heterocycles. The summed E-state index contributed by atoms with van der Waals surface area (Å²) >= 11 is 0. The fourth-order valence-electron chi connectivity index (χ4n) is 1.07. The van der Waals surface area contributed by atoms with E-state index in [0.717, 1.165) is 25.7 Å². The molecule has 14 heavy (non-hydrogen) atoms. The van der Waals surface area contributed by atoms with Crippen LogP contribution in [-0.4, -0.2) is 17.5 Å². The van der Waals surface area contributed by atoms with Crippen LogP contribution in [-0.2, 0) is 9.09 Å². The average Bonchev–Trinajstić information content (AvgIpc) is 2.14. The third-order valence-electron chi connectivity index (χ3n) is 2.10. The molecule has 86 valence electrons. The Bertz CT molecular complexity index is 183. The van der Waals surface area contributed by atoms with Gasteiger partial charge in [0.1, 0.15) is 0 Å². The third kappa shape index (κ3) is 6.55. The maximum Gasteiger partial charge on any atom is 0.403 e. The smallest absolute Gasteiger partial charge is 0.312 e. The Morgan fingerprint density at radius 1 is 1.36 bits per heavy atom. The highest BCUT2D eigenvalue weighted by atomic mass is 31.2. The van der Waals surface area contributed by atoms with E-state index in [-0.39, 0.29) is 6.04 Å². The largest absolute Gasteiger partial charge is 0.403 e. The minimum Gasteiger partial charge on any atom is -0.312 e. The molecule has 1 unspecified atom stereocenters. The number of unbranched alkanes of at least 4 members (excludes halogenated alkanes) is 1. The zero-order chi connectivity index (χ0) is 11.0. The van der Waals surface area contributed by atoms with Crippen molar-refractivity contribution in [2.24, 2.45) is 0 Å². The number of nitrogens with one attached hydrogen (secondary N) is 1. The first-order chi connectivity index (χ1) is 6.55. The molecule has 0 spiro atoms. The van der Waals surface area contributed by atoms with E-state index in [1.165, 1.54) is 0 Å². The Hall–Kier alpha value is 0.110. The molecule has 0 aliphatic rings. The molecule has 0 aromatic heterocycles. The van der Waals surface area contributed by atoms with Gasteiger partial charge < -0.3 is 4.89 Å². The van der Waals surface area contributed by atoms with Crippen molar-refractivity contribution >= 4 is 7.75 Å². The zero-order valence-electron chi connectivity index (χ0n) is 9.32. The average molecular weight is 223 g/mol. The lowest BCUT2D eigenvalue weighted by atomic mass is 10.2. The minimum atomic E-state index is -3.56. The SMILES string of the molecule is CCCCOP(=O)(O)NC(CC)CC. The molecule has 0 fully saturated rings. The zero-order valence-corrected chi connectivity index (χ0v) is 10.2. The van der Waals surface area contributed by atoms with Gasteiger partial charge in [-0.3, -0.25) is 4.52 Å². The standard InChI is InChI=1S/C9H22NO3P/c1-4-7-8-13-14(11,12)10-9(5-2)6-3/h9H,4-8H2,1-3H3,(H2,10,11,12). The van der Waals surface area contributed by atoms with E-state index in [0.29, 0.717) is 6.61 Å². The molecule has 5 heteroatoms. The topological polar surface area (TPSA) is 58.6 Å². The second-order valence-corrected chi connectivity index (χ2v) is 4.91. The minimum absolute atomic E-state index is 0.0625. The van der Waals surface area contributed by atoms with Gasteiger partial charge in [0.2, 0.25) is 0 Å². The molecule has 1 atom stereocenters. The predicted molar refractivity (Wildman–Crippen MR) is 58.2 cm³/mol. The molecule has 0 heterocycles. The highest BCUT2D eigenvalue weighted by Gasteiger charge is 2.21. The summed E-state index contributed by atoms with van der Waals surface area (Å²) in [7, 11) is -3.56. The Kier molecular flexibility index (Phi) is 7.47. The van der Waals surface area contributed by atoms with Crippen molar-refractivity contribution in [1.82, 2.24) is 5.09 Å². The van der Waals surface area contributed by atoms with Gasteiger partial charge in [0.05, 0.1) is 6.61 Å². The van der Waals surface area contributed by atoms with Crippen LogP contribution >= 0.6 is 7.75 Å². The third-order valence-corrected chi connectivity index (χ3v) is 3.32. The van der Waals surface area contributed by atoms with Gasteiger partial charge >= 0.3 is 7.75 Å². The van der Waals surface area contributed by atoms with Crippen molar-refractivity contribution in [3.63, 3.8) is 0 Å². The Morgan fingerprint density at radius 2 is 1.93 bits per heavy atom. The molecule has 0 saturated carbocycles. The molecule has 0 aromatic carbocycles. The Balaban J connectivity index is 3.86. The fourth-order valence-corrected chi connectivity index (χ4v) is 2.35. The first kappa shape index (κ1) is 14.1. The molecule has 2 N–H and O–H groups in total. The second-order valence-electron chi connectivity index (χ2n) is 3.35. The lowest BCUT2D eigenvalue weighted by Gasteiger charge is -2.19. The van der Waals surface area contributed by atoms with Gasteiger partial charge in [0, 0.05) is 6.04 Å². The van der Waals surface area contributed by atoms with E-state index in [9.17, 15) is 9.46 Å². The summed E-state index contributed by atoms with van der Waals surface area (Å²) in [6.45, 7) is 6.32. The first-order valence-electron chi connectivity index (χ1n) is 5.30. The van der Waals surface area contributed by atoms with Crippen LogP contribution < -0.4 is 5.09 Å². The Morgan fingerprint density at radius 3 is 2.36 bits per heavy atom. The van der Waals surface area contributed by atoms with Crippen LogP contribution in [0.1, 0.15) is 46.5 Å². The molecule has 0 radical (unpaired) electrons. The molecule has 0 amide bonds. The van der Waals surface area contributed by atoms with Crippen LogP contribution in [0.5, 0.6) is 0 Å². The molecule has 0 rings (SSSR count). The van der Waals surface area contributed by atoms with E-state index in [1.807, 2.05) is 20.8 Å². The van der Waals surface area contributed by atoms with Crippen molar-refractivity contribution in [2.45, 2.75) is 52.5 Å². The van der Waals surface area contributed by atoms with Crippen molar-refractivity contribution < 1.29 is 14.0 Å². The lowest BCUT2D eigenvalue weighted by Crippen LogP contribution is -2.25.